The minimum atomic E-state index is 0. The van der Waals surface area contributed by atoms with Gasteiger partial charge in [-0.15, -0.1) is 0 Å². The normalized spacial score (nSPS) is 43.5. The Morgan fingerprint density at radius 3 is 2.18 bits per heavy atom. The Labute approximate surface area is 195 Å². The fraction of sp³-hybridized carbons (Fsp3) is 0.826. The van der Waals surface area contributed by atoms with E-state index in [9.17, 15) is 9.59 Å². The van der Waals surface area contributed by atoms with Crippen LogP contribution < -0.4 is 0 Å². The van der Waals surface area contributed by atoms with Gasteiger partial charge in [-0.3, -0.25) is 9.59 Å². The average Bonchev–Trinajstić information content (AvgIpc) is 2.94. The van der Waals surface area contributed by atoms with Crippen molar-refractivity contribution in [1.29, 1.82) is 0 Å². The molecule has 1 N–H and O–H groups in total. The van der Waals surface area contributed by atoms with Crippen LogP contribution in [0.2, 0.25) is 0 Å². The Morgan fingerprint density at radius 1 is 1.00 bits per heavy atom. The van der Waals surface area contributed by atoms with Crippen LogP contribution in [0.4, 0.5) is 0 Å². The van der Waals surface area contributed by atoms with Crippen LogP contribution >= 0.6 is 0 Å². The molecule has 0 amide bonds. The largest absolute Gasteiger partial charge is 0.665 e. The zero-order valence-corrected chi connectivity index (χ0v) is 20.8. The zero-order chi connectivity index (χ0) is 20.4. The Bertz CT molecular complexity index is 577. The minimum Gasteiger partial charge on any atom is -0.665 e. The summed E-state index contributed by atoms with van der Waals surface area (Å²) in [4.78, 5) is 33.1. The molecule has 4 nitrogen and oxygen atoms in total. The first-order valence-corrected chi connectivity index (χ1v) is 10.7. The van der Waals surface area contributed by atoms with Gasteiger partial charge in [0.15, 0.2) is 0 Å². The van der Waals surface area contributed by atoms with Gasteiger partial charge in [-0.2, -0.15) is 5.92 Å². The van der Waals surface area contributed by atoms with E-state index in [-0.39, 0.29) is 49.5 Å². The molecule has 0 bridgehead atoms. The summed E-state index contributed by atoms with van der Waals surface area (Å²) in [6, 6.07) is 0. The molecular formula is C23H36O4Y-2. The van der Waals surface area contributed by atoms with Crippen molar-refractivity contribution in [3.05, 3.63) is 6.92 Å². The van der Waals surface area contributed by atoms with E-state index >= 15 is 0 Å². The number of aliphatic hydroxyl groups excluding tert-OH is 1. The van der Waals surface area contributed by atoms with Crippen molar-refractivity contribution in [1.82, 2.24) is 0 Å². The van der Waals surface area contributed by atoms with Crippen molar-refractivity contribution in [2.45, 2.75) is 79.1 Å². The number of carbonyl (C=O) groups excluding carboxylic acids is 2. The van der Waals surface area contributed by atoms with Gasteiger partial charge in [0.2, 0.25) is 0 Å². The van der Waals surface area contributed by atoms with Gasteiger partial charge < -0.3 is 16.8 Å². The van der Waals surface area contributed by atoms with E-state index in [0.717, 1.165) is 12.8 Å². The first-order valence-electron chi connectivity index (χ1n) is 10.7. The van der Waals surface area contributed by atoms with Crippen LogP contribution in [0.5, 0.6) is 0 Å². The molecule has 157 valence electrons. The van der Waals surface area contributed by atoms with Gasteiger partial charge in [-0.1, -0.05) is 52.4 Å². The zero-order valence-electron chi connectivity index (χ0n) is 18.0. The van der Waals surface area contributed by atoms with Crippen molar-refractivity contribution in [2.75, 3.05) is 0 Å². The van der Waals surface area contributed by atoms with Gasteiger partial charge >= 0.3 is 0 Å². The Hall–Kier alpha value is -0.0861. The van der Waals surface area contributed by atoms with E-state index in [1.54, 1.807) is 0 Å². The number of fused-ring (bicyclic) bond motifs is 5. The van der Waals surface area contributed by atoms with Crippen LogP contribution in [0.3, 0.4) is 0 Å². The molecule has 4 fully saturated rings. The summed E-state index contributed by atoms with van der Waals surface area (Å²) in [7, 11) is 0. The van der Waals surface area contributed by atoms with Gasteiger partial charge in [-0.05, 0) is 42.4 Å². The third-order valence-electron chi connectivity index (χ3n) is 8.48. The van der Waals surface area contributed by atoms with Gasteiger partial charge in [0.25, 0.3) is 0 Å². The standard InChI is InChI=1S/C20H29O2.C2H6.CHO2.Y/c1-12-4-5-15-18-16(7-9-19(12,15)2)20(3)8-6-14(21)10-13(20)11-17(18)22;1-2;2-1-3;/h12-13,15-16,18H,1,4-11H2,2-3H3;1-2H3;(H,2,3);/q-1;;-1;/t12-,13-,15?,16?,18?,19?,20-;;;/m0.../s1. The Balaban J connectivity index is 0.000000600. The summed E-state index contributed by atoms with van der Waals surface area (Å²) in [5.41, 5.74) is 0.511. The van der Waals surface area contributed by atoms with E-state index in [0.29, 0.717) is 54.6 Å². The molecule has 4 unspecified atom stereocenters. The molecule has 4 saturated carbocycles. The monoisotopic (exact) mass is 465 g/mol. The van der Waals surface area contributed by atoms with E-state index in [4.69, 9.17) is 9.90 Å². The molecule has 0 aliphatic heterocycles. The quantitative estimate of drug-likeness (QED) is 0.519. The maximum Gasteiger partial charge on any atom is 0.136 e. The topological polar surface area (TPSA) is 71.4 Å². The van der Waals surface area contributed by atoms with Crippen molar-refractivity contribution < 1.29 is 52.2 Å². The molecule has 1 radical (unpaired) electrons. The SMILES string of the molecule is CC.O=[C-]O.[CH2-][C@H]1CCC2C3C(=O)C[C@@H]4CC(=O)CC[C@]4(C)C3CCC21C.[Y]. The molecule has 7 atom stereocenters. The maximum absolute atomic E-state index is 13.0. The fourth-order valence-corrected chi connectivity index (χ4v) is 6.83. The maximum atomic E-state index is 13.0. The predicted octanol–water partition coefficient (Wildman–Crippen LogP) is 4.86. The van der Waals surface area contributed by atoms with Crippen molar-refractivity contribution in [3.8, 4) is 0 Å². The first-order chi connectivity index (χ1) is 12.8. The number of hydrogen-bond donors (Lipinski definition) is 1. The summed E-state index contributed by atoms with van der Waals surface area (Å²) in [5.74, 6) is 3.04. The van der Waals surface area contributed by atoms with Crippen LogP contribution in [0.1, 0.15) is 79.1 Å². The third-order valence-corrected chi connectivity index (χ3v) is 8.48. The van der Waals surface area contributed by atoms with Crippen LogP contribution in [-0.4, -0.2) is 23.1 Å². The Morgan fingerprint density at radius 2 is 1.57 bits per heavy atom. The second-order valence-electron chi connectivity index (χ2n) is 9.26. The number of ketones is 2. The number of rotatable bonds is 0. The van der Waals surface area contributed by atoms with Gasteiger partial charge in [0.05, 0.1) is 0 Å². The molecule has 4 rings (SSSR count). The van der Waals surface area contributed by atoms with E-state index < -0.39 is 0 Å². The molecule has 0 saturated heterocycles. The second kappa shape index (κ2) is 10.3. The number of Topliss-reactive ketones (excluding diaryl/α,β-unsaturated/α-hetero) is 2. The summed E-state index contributed by atoms with van der Waals surface area (Å²) in [6.45, 7) is 13.7. The molecule has 0 heterocycles. The van der Waals surface area contributed by atoms with E-state index in [1.165, 1.54) is 25.7 Å². The van der Waals surface area contributed by atoms with E-state index in [2.05, 4.69) is 20.8 Å². The predicted molar refractivity (Wildman–Crippen MR) is 106 cm³/mol. The molecule has 4 aliphatic rings. The van der Waals surface area contributed by atoms with Gasteiger partial charge in [0.1, 0.15) is 11.6 Å². The molecule has 0 aromatic heterocycles. The van der Waals surface area contributed by atoms with Crippen LogP contribution in [0, 0.1) is 47.3 Å². The average molecular weight is 465 g/mol. The molecule has 5 heteroatoms. The summed E-state index contributed by atoms with van der Waals surface area (Å²) < 4.78 is 0. The van der Waals surface area contributed by atoms with E-state index in [1.807, 2.05) is 13.8 Å². The number of hydrogen-bond acceptors (Lipinski definition) is 3. The van der Waals surface area contributed by atoms with Crippen molar-refractivity contribution in [2.24, 2.45) is 40.4 Å². The van der Waals surface area contributed by atoms with Crippen LogP contribution in [0.25, 0.3) is 0 Å². The van der Waals surface area contributed by atoms with Crippen LogP contribution in [-0.2, 0) is 47.1 Å². The summed E-state index contributed by atoms with van der Waals surface area (Å²) in [6.07, 6.45) is 7.87. The molecule has 0 aromatic carbocycles. The van der Waals surface area contributed by atoms with Crippen molar-refractivity contribution in [3.63, 3.8) is 0 Å². The molecule has 0 aromatic rings. The second-order valence-corrected chi connectivity index (χ2v) is 9.26. The summed E-state index contributed by atoms with van der Waals surface area (Å²) >= 11 is 0. The molecular weight excluding hydrogens is 429 g/mol. The third kappa shape index (κ3) is 4.33. The van der Waals surface area contributed by atoms with Crippen molar-refractivity contribution >= 4 is 18.0 Å². The first kappa shape index (κ1) is 25.9. The number of carbonyl (C=O) groups is 2. The Kier molecular flexibility index (Phi) is 9.53. The van der Waals surface area contributed by atoms with Crippen LogP contribution in [0.15, 0.2) is 0 Å². The fourth-order valence-electron chi connectivity index (χ4n) is 6.83. The smallest absolute Gasteiger partial charge is 0.136 e. The molecule has 28 heavy (non-hydrogen) atoms. The molecule has 4 aliphatic carbocycles. The summed E-state index contributed by atoms with van der Waals surface area (Å²) in [5, 5.41) is 6.76. The van der Waals surface area contributed by atoms with Gasteiger partial charge in [0, 0.05) is 57.9 Å². The van der Waals surface area contributed by atoms with Gasteiger partial charge in [-0.25, -0.2) is 0 Å². The molecule has 0 spiro atoms. The minimum absolute atomic E-state index is 0.